The van der Waals surface area contributed by atoms with Crippen molar-refractivity contribution in [3.05, 3.63) is 48.0 Å². The van der Waals surface area contributed by atoms with Crippen molar-refractivity contribution in [2.45, 2.75) is 9.79 Å². The van der Waals surface area contributed by atoms with Crippen LogP contribution in [0.5, 0.6) is 0 Å². The molecular formula is C20H23N3O5S3. The molecule has 166 valence electrons. The van der Waals surface area contributed by atoms with Gasteiger partial charge in [0.25, 0.3) is 5.91 Å². The number of amides is 1. The van der Waals surface area contributed by atoms with E-state index in [1.54, 1.807) is 18.2 Å². The van der Waals surface area contributed by atoms with E-state index in [0.717, 1.165) is 12.5 Å². The van der Waals surface area contributed by atoms with Gasteiger partial charge in [0.05, 0.1) is 20.0 Å². The van der Waals surface area contributed by atoms with E-state index < -0.39 is 19.7 Å². The summed E-state index contributed by atoms with van der Waals surface area (Å²) in [6, 6.07) is 10.5. The average Bonchev–Trinajstić information content (AvgIpc) is 3.09. The summed E-state index contributed by atoms with van der Waals surface area (Å²) in [6.07, 6.45) is 2.23. The Morgan fingerprint density at radius 3 is 2.19 bits per heavy atom. The van der Waals surface area contributed by atoms with Gasteiger partial charge in [-0.15, -0.1) is 0 Å². The van der Waals surface area contributed by atoms with Crippen LogP contribution in [-0.2, 0) is 19.7 Å². The highest BCUT2D eigenvalue weighted by Crippen LogP contribution is 2.31. The van der Waals surface area contributed by atoms with E-state index in [0.29, 0.717) is 28.4 Å². The van der Waals surface area contributed by atoms with Gasteiger partial charge in [-0.1, -0.05) is 17.4 Å². The monoisotopic (exact) mass is 481 g/mol. The molecule has 3 aromatic rings. The molecule has 31 heavy (non-hydrogen) atoms. The molecule has 1 amide bonds. The molecule has 0 aliphatic heterocycles. The van der Waals surface area contributed by atoms with Crippen molar-refractivity contribution in [3.8, 4) is 0 Å². The first-order chi connectivity index (χ1) is 14.4. The van der Waals surface area contributed by atoms with Gasteiger partial charge < -0.3 is 4.90 Å². The molecule has 0 unspecified atom stereocenters. The van der Waals surface area contributed by atoms with E-state index in [-0.39, 0.29) is 21.3 Å². The zero-order valence-corrected chi connectivity index (χ0v) is 20.0. The Morgan fingerprint density at radius 2 is 1.58 bits per heavy atom. The normalized spacial score (nSPS) is 12.4. The summed E-state index contributed by atoms with van der Waals surface area (Å²) in [4.78, 5) is 21.5. The lowest BCUT2D eigenvalue weighted by atomic mass is 10.2. The fourth-order valence-corrected chi connectivity index (χ4v) is 5.26. The van der Waals surface area contributed by atoms with Crippen LogP contribution in [0, 0.1) is 0 Å². The van der Waals surface area contributed by atoms with Crippen LogP contribution in [0.15, 0.2) is 52.3 Å². The topological polar surface area (TPSA) is 105 Å². The molecule has 0 spiro atoms. The van der Waals surface area contributed by atoms with Gasteiger partial charge in [0.2, 0.25) is 0 Å². The molecule has 1 aromatic heterocycles. The van der Waals surface area contributed by atoms with E-state index in [9.17, 15) is 21.6 Å². The number of rotatable bonds is 7. The quantitative estimate of drug-likeness (QED) is 0.510. The number of anilines is 1. The van der Waals surface area contributed by atoms with Crippen molar-refractivity contribution in [1.29, 1.82) is 0 Å². The molecule has 2 aromatic carbocycles. The van der Waals surface area contributed by atoms with Gasteiger partial charge in [-0.25, -0.2) is 21.8 Å². The van der Waals surface area contributed by atoms with Gasteiger partial charge in [0, 0.05) is 31.2 Å². The third-order valence-electron chi connectivity index (χ3n) is 4.53. The minimum Gasteiger partial charge on any atom is -0.308 e. The molecule has 11 heteroatoms. The highest BCUT2D eigenvalue weighted by molar-refractivity contribution is 7.91. The van der Waals surface area contributed by atoms with Gasteiger partial charge in [-0.2, -0.15) is 0 Å². The van der Waals surface area contributed by atoms with Crippen molar-refractivity contribution in [3.63, 3.8) is 0 Å². The van der Waals surface area contributed by atoms with Gasteiger partial charge in [0.15, 0.2) is 24.8 Å². The van der Waals surface area contributed by atoms with Crippen molar-refractivity contribution in [2.24, 2.45) is 0 Å². The Hall–Kier alpha value is -2.34. The minimum atomic E-state index is -3.46. The van der Waals surface area contributed by atoms with Crippen LogP contribution < -0.4 is 4.90 Å². The number of sulfone groups is 2. The Balaban J connectivity index is 2.06. The molecule has 0 radical (unpaired) electrons. The third kappa shape index (κ3) is 5.48. The molecule has 0 N–H and O–H groups in total. The van der Waals surface area contributed by atoms with Gasteiger partial charge >= 0.3 is 0 Å². The van der Waals surface area contributed by atoms with Gasteiger partial charge in [0.1, 0.15) is 0 Å². The fraction of sp³-hybridized carbons (Fsp3) is 0.300. The number of aromatic nitrogens is 1. The predicted molar refractivity (Wildman–Crippen MR) is 123 cm³/mol. The largest absolute Gasteiger partial charge is 0.308 e. The number of carbonyl (C=O) groups excluding carboxylic acids is 1. The first-order valence-corrected chi connectivity index (χ1v) is 13.8. The smallest absolute Gasteiger partial charge is 0.260 e. The first kappa shape index (κ1) is 23.3. The Bertz CT molecular complexity index is 1350. The van der Waals surface area contributed by atoms with E-state index >= 15 is 0 Å². The number of carbonyl (C=O) groups is 1. The summed E-state index contributed by atoms with van der Waals surface area (Å²) in [6.45, 7) is 0.885. The second-order valence-corrected chi connectivity index (χ2v) is 12.5. The van der Waals surface area contributed by atoms with E-state index in [2.05, 4.69) is 4.98 Å². The molecule has 0 aliphatic rings. The highest BCUT2D eigenvalue weighted by Gasteiger charge is 2.23. The highest BCUT2D eigenvalue weighted by atomic mass is 32.2. The summed E-state index contributed by atoms with van der Waals surface area (Å²) in [7, 11) is -3.08. The maximum Gasteiger partial charge on any atom is 0.260 e. The van der Waals surface area contributed by atoms with Crippen LogP contribution in [0.3, 0.4) is 0 Å². The van der Waals surface area contributed by atoms with E-state index in [4.69, 9.17) is 0 Å². The molecule has 0 atom stereocenters. The summed E-state index contributed by atoms with van der Waals surface area (Å²) in [5.74, 6) is -0.380. The molecule has 0 fully saturated rings. The van der Waals surface area contributed by atoms with Crippen LogP contribution in [-0.4, -0.2) is 72.3 Å². The fourth-order valence-electron chi connectivity index (χ4n) is 2.84. The predicted octanol–water partition coefficient (Wildman–Crippen LogP) is 2.31. The summed E-state index contributed by atoms with van der Waals surface area (Å²) >= 11 is 1.21. The summed E-state index contributed by atoms with van der Waals surface area (Å²) < 4.78 is 48.2. The van der Waals surface area contributed by atoms with Crippen molar-refractivity contribution in [2.75, 3.05) is 44.6 Å². The number of benzene rings is 2. The molecule has 0 saturated carbocycles. The number of likely N-dealkylation sites (N-methyl/N-ethyl adjacent to an activating group) is 1. The second kappa shape index (κ2) is 8.65. The molecule has 3 rings (SSSR count). The zero-order chi connectivity index (χ0) is 23.0. The maximum atomic E-state index is 13.3. The van der Waals surface area contributed by atoms with E-state index in [1.165, 1.54) is 40.5 Å². The maximum absolute atomic E-state index is 13.3. The first-order valence-electron chi connectivity index (χ1n) is 9.23. The lowest BCUT2D eigenvalue weighted by Crippen LogP contribution is -2.36. The van der Waals surface area contributed by atoms with E-state index in [1.807, 2.05) is 19.0 Å². The lowest BCUT2D eigenvalue weighted by Gasteiger charge is -2.22. The van der Waals surface area contributed by atoms with Crippen molar-refractivity contribution in [1.82, 2.24) is 9.88 Å². The van der Waals surface area contributed by atoms with Crippen LogP contribution in [0.4, 0.5) is 5.13 Å². The van der Waals surface area contributed by atoms with Crippen LogP contribution in [0.2, 0.25) is 0 Å². The van der Waals surface area contributed by atoms with Crippen LogP contribution >= 0.6 is 11.3 Å². The summed E-state index contributed by atoms with van der Waals surface area (Å²) in [5.41, 5.74) is 0.817. The average molecular weight is 482 g/mol. The second-order valence-electron chi connectivity index (χ2n) is 7.46. The van der Waals surface area contributed by atoms with Crippen molar-refractivity contribution < 1.29 is 21.6 Å². The summed E-state index contributed by atoms with van der Waals surface area (Å²) in [5, 5.41) is 0.414. The molecule has 0 bridgehead atoms. The van der Waals surface area contributed by atoms with Crippen LogP contribution in [0.1, 0.15) is 10.4 Å². The Labute approximate surface area is 186 Å². The molecular weight excluding hydrogens is 458 g/mol. The number of thiazole rings is 1. The number of nitrogens with zero attached hydrogens (tertiary/aromatic N) is 3. The minimum absolute atomic E-state index is 0.0630. The molecule has 0 saturated heterocycles. The van der Waals surface area contributed by atoms with Crippen molar-refractivity contribution >= 4 is 52.3 Å². The number of hydrogen-bond acceptors (Lipinski definition) is 8. The zero-order valence-electron chi connectivity index (χ0n) is 17.6. The SMILES string of the molecule is CN(C)CCN(C(=O)c1cccc(S(C)(=O)=O)c1)c1nc2ccc(S(C)(=O)=O)cc2s1. The van der Waals surface area contributed by atoms with Gasteiger partial charge in [-0.3, -0.25) is 9.69 Å². The standard InChI is InChI=1S/C20H23N3O5S3/c1-22(2)10-11-23(19(24)14-6-5-7-15(12-14)30(3,25)26)20-21-17-9-8-16(31(4,27)28)13-18(17)29-20/h5-9,12-13H,10-11H2,1-4H3. The third-order valence-corrected chi connectivity index (χ3v) is 7.79. The number of fused-ring (bicyclic) bond motifs is 1. The van der Waals surface area contributed by atoms with Crippen LogP contribution in [0.25, 0.3) is 10.2 Å². The molecule has 1 heterocycles. The lowest BCUT2D eigenvalue weighted by molar-refractivity contribution is 0.0985. The molecule has 0 aliphatic carbocycles. The Kier molecular flexibility index (Phi) is 6.51. The molecule has 8 nitrogen and oxygen atoms in total. The number of hydrogen-bond donors (Lipinski definition) is 0. The Morgan fingerprint density at radius 1 is 0.935 bits per heavy atom. The van der Waals surface area contributed by atoms with Gasteiger partial charge in [-0.05, 0) is 50.5 Å².